The number of nitrogens with two attached hydrogens (primary N) is 3. The zero-order valence-corrected chi connectivity index (χ0v) is 44.1. The average molecular weight is 1040 g/mol. The summed E-state index contributed by atoms with van der Waals surface area (Å²) in [6.07, 6.45) is 0.000421. The number of nitrogens with zero attached hydrogens (tertiary/aromatic N) is 7. The van der Waals surface area contributed by atoms with Gasteiger partial charge in [-0.2, -0.15) is 0 Å². The summed E-state index contributed by atoms with van der Waals surface area (Å²) >= 11 is 10.6. The summed E-state index contributed by atoms with van der Waals surface area (Å²) in [6, 6.07) is 0. The fourth-order valence-electron chi connectivity index (χ4n) is 6.79. The fourth-order valence-corrected chi connectivity index (χ4v) is 7.94. The number of fused-ring (bicyclic) bond motifs is 2. The first-order valence-corrected chi connectivity index (χ1v) is 24.2. The summed E-state index contributed by atoms with van der Waals surface area (Å²) in [5.41, 5.74) is 17.6. The van der Waals surface area contributed by atoms with E-state index in [1.165, 1.54) is 21.8 Å². The molecule has 0 bridgehead atoms. The number of aliphatic hydroxyl groups is 4. The van der Waals surface area contributed by atoms with Crippen molar-refractivity contribution in [1.82, 2.24) is 39.0 Å². The third-order valence-electron chi connectivity index (χ3n) is 10.0. The molecule has 2 aliphatic heterocycles. The molecular formula is C33H54N14Na2O14P2S2. The van der Waals surface area contributed by atoms with E-state index in [2.05, 4.69) is 54.6 Å². The van der Waals surface area contributed by atoms with Gasteiger partial charge in [0, 0.05) is 19.6 Å². The van der Waals surface area contributed by atoms with E-state index in [0.29, 0.717) is 60.4 Å². The molecule has 2 saturated heterocycles. The zero-order chi connectivity index (χ0) is 47.5. The number of hydrogen-bond donors (Lipinski definition) is 13. The third-order valence-corrected chi connectivity index (χ3v) is 11.5. The number of aromatic amines is 2. The molecule has 0 aromatic carbocycles. The van der Waals surface area contributed by atoms with E-state index in [-0.39, 0.29) is 74.4 Å². The second-order valence-electron chi connectivity index (χ2n) is 14.9. The van der Waals surface area contributed by atoms with Crippen LogP contribution in [0.25, 0.3) is 22.3 Å². The number of phosphoric acid groups is 2. The Morgan fingerprint density at radius 2 is 1.13 bits per heavy atom. The second-order valence-corrected chi connectivity index (χ2v) is 18.0. The topological polar surface area (TPSA) is 446 Å². The van der Waals surface area contributed by atoms with Crippen molar-refractivity contribution in [1.29, 1.82) is 0 Å². The maximum atomic E-state index is 10.8. The predicted molar refractivity (Wildman–Crippen MR) is 232 cm³/mol. The van der Waals surface area contributed by atoms with E-state index in [1.807, 2.05) is 0 Å². The van der Waals surface area contributed by atoms with Crippen LogP contribution in [0, 0.1) is 9.28 Å². The number of aliphatic hydroxyl groups excluding tert-OH is 4. The van der Waals surface area contributed by atoms with Gasteiger partial charge in [0.15, 0.2) is 27.7 Å². The number of aromatic nitrogens is 8. The molecule has 2 aliphatic rings. The summed E-state index contributed by atoms with van der Waals surface area (Å²) in [4.78, 5) is 66.1. The van der Waals surface area contributed by atoms with Crippen LogP contribution >= 0.6 is 40.1 Å². The minimum Gasteiger partial charge on any atom is -0.756 e. The Morgan fingerprint density at radius 1 is 0.731 bits per heavy atom. The number of anilines is 2. The van der Waals surface area contributed by atoms with Gasteiger partial charge in [-0.3, -0.25) is 23.3 Å². The number of aliphatic imine (C=N–C) groups is 1. The minimum absolute atomic E-state index is 0. The molecule has 16 N–H and O–H groups in total. The smallest absolute Gasteiger partial charge is 0.756 e. The molecule has 0 aliphatic carbocycles. The quantitative estimate of drug-likeness (QED) is 0.00819. The van der Waals surface area contributed by atoms with Crippen molar-refractivity contribution >= 4 is 80.3 Å². The molecule has 4 aromatic rings. The molecule has 6 rings (SSSR count). The Labute approximate surface area is 437 Å². The van der Waals surface area contributed by atoms with Crippen LogP contribution < -0.4 is 96.7 Å². The van der Waals surface area contributed by atoms with E-state index in [1.54, 1.807) is 0 Å². The number of hydrogen-bond acceptors (Lipinski definition) is 22. The Hall–Kier alpha value is -1.65. The molecule has 0 spiro atoms. The van der Waals surface area contributed by atoms with Gasteiger partial charge in [-0.05, 0) is 32.2 Å². The molecule has 10 atom stereocenters. The van der Waals surface area contributed by atoms with Gasteiger partial charge in [0.1, 0.15) is 59.0 Å². The van der Waals surface area contributed by atoms with E-state index in [0.717, 1.165) is 51.4 Å². The first kappa shape index (κ1) is 59.7. The van der Waals surface area contributed by atoms with Gasteiger partial charge in [-0.25, -0.2) is 19.9 Å². The van der Waals surface area contributed by atoms with E-state index in [4.69, 9.17) is 60.9 Å². The predicted octanol–water partition coefficient (Wildman–Crippen LogP) is -7.64. The maximum absolute atomic E-state index is 10.8. The number of unbranched alkanes of at least 4 members (excludes halogenated alkanes) is 6. The Morgan fingerprint density at radius 3 is 1.52 bits per heavy atom. The van der Waals surface area contributed by atoms with Gasteiger partial charge in [0.05, 0.1) is 25.9 Å². The molecule has 0 radical (unpaired) electrons. The normalized spacial score (nSPS) is 24.2. The van der Waals surface area contributed by atoms with E-state index in [9.17, 15) is 39.3 Å². The molecule has 34 heteroatoms. The van der Waals surface area contributed by atoms with Crippen LogP contribution in [-0.2, 0) is 27.7 Å². The number of rotatable bonds is 23. The Kier molecular flexibility index (Phi) is 24.8. The van der Waals surface area contributed by atoms with E-state index < -0.39 is 77.9 Å². The zero-order valence-electron chi connectivity index (χ0n) is 36.7. The summed E-state index contributed by atoms with van der Waals surface area (Å²) in [7, 11) is -10.0. The number of phosphoric ester groups is 2. The van der Waals surface area contributed by atoms with Crippen molar-refractivity contribution in [2.45, 2.75) is 100 Å². The molecule has 67 heavy (non-hydrogen) atoms. The number of guanidine groups is 1. The van der Waals surface area contributed by atoms with Crippen molar-refractivity contribution in [3.8, 4) is 0 Å². The van der Waals surface area contributed by atoms with Crippen molar-refractivity contribution < 1.29 is 127 Å². The van der Waals surface area contributed by atoms with Crippen molar-refractivity contribution in [2.75, 3.05) is 50.0 Å². The largest absolute Gasteiger partial charge is 1.00 e. The van der Waals surface area contributed by atoms with Crippen LogP contribution in [0.4, 0.5) is 11.9 Å². The van der Waals surface area contributed by atoms with Gasteiger partial charge < -0.3 is 96.3 Å². The van der Waals surface area contributed by atoms with Gasteiger partial charge in [-0.1, -0.05) is 50.1 Å². The number of H-pyrrole nitrogens is 2. The SMILES string of the molecule is NC(N)=NCCCCCCNc1nc(=S)c2ncn([C@@H]3O[C@H](COP(=O)([O-])O)C(O)[C@@H]3O)c2[nH]1.NCCCCCCNc1nc(=S)c2ncn([C@@H]3O[C@H](COP(=O)([O-])O)C(O)[C@@H]3O)c2[nH]1.[Na+].[Na+]. The van der Waals surface area contributed by atoms with E-state index >= 15 is 0 Å². The Balaban J connectivity index is 0.000000346. The van der Waals surface area contributed by atoms with Crippen LogP contribution in [0.15, 0.2) is 17.6 Å². The summed E-state index contributed by atoms with van der Waals surface area (Å²) in [6.45, 7) is 1.23. The van der Waals surface area contributed by atoms with Crippen LogP contribution in [0.1, 0.15) is 63.8 Å². The van der Waals surface area contributed by atoms with Crippen LogP contribution in [0.3, 0.4) is 0 Å². The fraction of sp³-hybridized carbons (Fsp3) is 0.667. The number of nitrogens with one attached hydrogen (secondary N) is 4. The Bertz CT molecular complexity index is 2420. The summed E-state index contributed by atoms with van der Waals surface area (Å²) < 4.78 is 44.7. The van der Waals surface area contributed by atoms with Crippen LogP contribution in [0.2, 0.25) is 0 Å². The first-order chi connectivity index (χ1) is 30.8. The molecule has 2 fully saturated rings. The van der Waals surface area contributed by atoms with Crippen molar-refractivity contribution in [3.05, 3.63) is 21.9 Å². The molecule has 0 amide bonds. The number of imidazole rings is 2. The van der Waals surface area contributed by atoms with Crippen LogP contribution in [0.5, 0.6) is 0 Å². The molecule has 28 nitrogen and oxygen atoms in total. The molecule has 4 aromatic heterocycles. The molecule has 364 valence electrons. The summed E-state index contributed by atoms with van der Waals surface area (Å²) in [5, 5.41) is 47.5. The average Bonchev–Trinajstić information content (AvgIpc) is 3.99. The monoisotopic (exact) mass is 1040 g/mol. The van der Waals surface area contributed by atoms with Crippen molar-refractivity contribution in [2.24, 2.45) is 22.2 Å². The first-order valence-electron chi connectivity index (χ1n) is 20.3. The molecule has 0 saturated carbocycles. The van der Waals surface area contributed by atoms with Gasteiger partial charge in [-0.15, -0.1) is 0 Å². The van der Waals surface area contributed by atoms with Gasteiger partial charge in [0.25, 0.3) is 15.6 Å². The maximum Gasteiger partial charge on any atom is 1.00 e. The second kappa shape index (κ2) is 27.8. The van der Waals surface area contributed by atoms with Crippen LogP contribution in [-0.4, -0.2) is 151 Å². The van der Waals surface area contributed by atoms with Crippen molar-refractivity contribution in [3.63, 3.8) is 0 Å². The standard InChI is InChI=1S/C17H29N8O7PS.C16H27N6O7PS.2Na/c18-16(19)20-5-3-1-2-4-6-21-17-23-13-10(14(34)24-17)22-8-25(13)15-12(27)11(26)9(32-15)7-31-33(28,29)30;17-5-3-1-2-4-6-18-16-20-13-10(14(31)21-16)19-8-22(13)15-12(24)11(23)9(29-15)7-28-30(25,26)27;;/h8-9,11-12,15,26-27H,1-7H2,(H4,18,19,20)(H2,28,29,30)(H2,21,23,24,34);8-9,11-12,15,23-24H,1-7,17H2,(H2,25,26,27)(H2,18,20,21,31);;/q;;2*+1/p-2/t2*9-,11?,12+,15-;;/m11../s1. The minimum atomic E-state index is -5.02. The van der Waals surface area contributed by atoms with Gasteiger partial charge in [0.2, 0.25) is 11.9 Å². The molecule has 4 unspecified atom stereocenters. The molecule has 6 heterocycles. The third kappa shape index (κ3) is 17.6. The molecular weight excluding hydrogens is 989 g/mol. The summed E-state index contributed by atoms with van der Waals surface area (Å²) in [5.74, 6) is 0.892. The van der Waals surface area contributed by atoms with Gasteiger partial charge >= 0.3 is 59.1 Å². The number of ether oxygens (including phenoxy) is 2.